The van der Waals surface area contributed by atoms with Crippen LogP contribution in [-0.4, -0.2) is 16.7 Å². The van der Waals surface area contributed by atoms with Crippen molar-refractivity contribution in [2.24, 2.45) is 16.7 Å². The second kappa shape index (κ2) is 6.21. The van der Waals surface area contributed by atoms with Crippen LogP contribution in [0.15, 0.2) is 30.3 Å². The van der Waals surface area contributed by atoms with Gasteiger partial charge in [-0.05, 0) is 72.5 Å². The van der Waals surface area contributed by atoms with Crippen LogP contribution in [0.1, 0.15) is 63.5 Å². The smallest absolute Gasteiger partial charge is 0.267 e. The molecule has 4 fully saturated rings. The van der Waals surface area contributed by atoms with E-state index in [1.807, 2.05) is 12.1 Å². The minimum atomic E-state index is -0.514. The number of nitrogens with one attached hydrogen (secondary N) is 2. The minimum absolute atomic E-state index is 0.320. The van der Waals surface area contributed by atoms with Crippen molar-refractivity contribution in [1.82, 2.24) is 10.8 Å². The quantitative estimate of drug-likeness (QED) is 0.425. The van der Waals surface area contributed by atoms with E-state index >= 15 is 0 Å². The monoisotopic (exact) mass is 354 g/mol. The normalized spacial score (nSPS) is 38.0. The van der Waals surface area contributed by atoms with Crippen LogP contribution in [0.25, 0.3) is 6.08 Å². The van der Waals surface area contributed by atoms with Gasteiger partial charge in [0.1, 0.15) is 0 Å². The third-order valence-corrected chi connectivity index (χ3v) is 6.81. The highest BCUT2D eigenvalue weighted by molar-refractivity contribution is 5.90. The summed E-state index contributed by atoms with van der Waals surface area (Å²) in [6, 6.07) is 8.27. The molecule has 4 aliphatic carbocycles. The maximum absolute atomic E-state index is 11.1. The topological polar surface area (TPSA) is 61.4 Å². The molecule has 3 N–H and O–H groups in total. The summed E-state index contributed by atoms with van der Waals surface area (Å²) in [6.07, 6.45) is 11.3. The van der Waals surface area contributed by atoms with Crippen molar-refractivity contribution < 1.29 is 10.0 Å². The molecule has 0 aromatic heterocycles. The molecule has 2 unspecified atom stereocenters. The molecule has 4 aliphatic rings. The molecule has 0 aliphatic heterocycles. The fraction of sp³-hybridized carbons (Fsp3) is 0.591. The number of rotatable bonds is 5. The molecule has 0 heterocycles. The molecular formula is C22H30N2O2. The zero-order valence-corrected chi connectivity index (χ0v) is 15.8. The van der Waals surface area contributed by atoms with Crippen LogP contribution < -0.4 is 10.8 Å². The number of amides is 1. The lowest BCUT2D eigenvalue weighted by Gasteiger charge is -2.65. The van der Waals surface area contributed by atoms with Crippen LogP contribution in [0.4, 0.5) is 0 Å². The molecule has 1 aromatic rings. The average molecular weight is 354 g/mol. The van der Waals surface area contributed by atoms with E-state index in [0.717, 1.165) is 18.0 Å². The van der Waals surface area contributed by atoms with Crippen LogP contribution in [0.2, 0.25) is 0 Å². The van der Waals surface area contributed by atoms with E-state index in [1.165, 1.54) is 50.2 Å². The fourth-order valence-corrected chi connectivity index (χ4v) is 6.89. The second-order valence-electron chi connectivity index (χ2n) is 9.81. The Labute approximate surface area is 156 Å². The van der Waals surface area contributed by atoms with E-state index in [4.69, 9.17) is 5.21 Å². The van der Waals surface area contributed by atoms with Crippen molar-refractivity contribution in [2.75, 3.05) is 0 Å². The van der Waals surface area contributed by atoms with Crippen molar-refractivity contribution >= 4 is 12.0 Å². The van der Waals surface area contributed by atoms with Crippen LogP contribution >= 0.6 is 0 Å². The van der Waals surface area contributed by atoms with E-state index in [1.54, 1.807) is 11.6 Å². The Balaban J connectivity index is 1.41. The maximum atomic E-state index is 11.1. The van der Waals surface area contributed by atoms with Gasteiger partial charge in [0.15, 0.2) is 0 Å². The molecule has 0 saturated heterocycles. The van der Waals surface area contributed by atoms with Crippen molar-refractivity contribution in [2.45, 2.75) is 64.5 Å². The van der Waals surface area contributed by atoms with Gasteiger partial charge >= 0.3 is 0 Å². The molecular weight excluding hydrogens is 324 g/mol. The van der Waals surface area contributed by atoms with Crippen LogP contribution in [-0.2, 0) is 11.3 Å². The first-order valence-electron chi connectivity index (χ1n) is 9.77. The molecule has 4 bridgehead atoms. The molecule has 4 saturated carbocycles. The first-order valence-corrected chi connectivity index (χ1v) is 9.77. The average Bonchev–Trinajstić information content (AvgIpc) is 2.55. The molecule has 2 atom stereocenters. The molecule has 4 nitrogen and oxygen atoms in total. The lowest BCUT2D eigenvalue weighted by molar-refractivity contribution is -0.124. The summed E-state index contributed by atoms with van der Waals surface area (Å²) in [5.74, 6) is 0.387. The van der Waals surface area contributed by atoms with Crippen LogP contribution in [0.5, 0.6) is 0 Å². The first kappa shape index (κ1) is 17.7. The van der Waals surface area contributed by atoms with E-state index in [9.17, 15) is 4.79 Å². The highest BCUT2D eigenvalue weighted by Crippen LogP contribution is 2.66. The second-order valence-corrected chi connectivity index (χ2v) is 9.81. The molecule has 5 rings (SSSR count). The van der Waals surface area contributed by atoms with Gasteiger partial charge in [-0.1, -0.05) is 38.1 Å². The Bertz CT molecular complexity index is 706. The Morgan fingerprint density at radius 3 is 2.35 bits per heavy atom. The first-order chi connectivity index (χ1) is 12.3. The summed E-state index contributed by atoms with van der Waals surface area (Å²) in [5.41, 5.74) is 5.21. The zero-order chi connectivity index (χ0) is 18.4. The summed E-state index contributed by atoms with van der Waals surface area (Å²) in [7, 11) is 0. The largest absolute Gasteiger partial charge is 0.307 e. The summed E-state index contributed by atoms with van der Waals surface area (Å²) in [6.45, 7) is 5.92. The maximum Gasteiger partial charge on any atom is 0.267 e. The molecule has 0 spiro atoms. The lowest BCUT2D eigenvalue weighted by Crippen LogP contribution is -2.63. The SMILES string of the molecule is CC12CC3CC(C)(C1)CC(NCc1ccc(C=CC(=O)NO)cc1)(C3)C2. The summed E-state index contributed by atoms with van der Waals surface area (Å²) in [4.78, 5) is 11.1. The lowest BCUT2D eigenvalue weighted by atomic mass is 9.43. The third kappa shape index (κ3) is 3.45. The van der Waals surface area contributed by atoms with Gasteiger partial charge < -0.3 is 5.32 Å². The van der Waals surface area contributed by atoms with Gasteiger partial charge in [-0.15, -0.1) is 0 Å². The van der Waals surface area contributed by atoms with Gasteiger partial charge in [-0.2, -0.15) is 0 Å². The van der Waals surface area contributed by atoms with Crippen LogP contribution in [0, 0.1) is 16.7 Å². The van der Waals surface area contributed by atoms with Gasteiger partial charge in [-0.3, -0.25) is 10.0 Å². The highest BCUT2D eigenvalue weighted by atomic mass is 16.5. The van der Waals surface area contributed by atoms with Crippen molar-refractivity contribution in [3.8, 4) is 0 Å². The van der Waals surface area contributed by atoms with Gasteiger partial charge in [-0.25, -0.2) is 5.48 Å². The van der Waals surface area contributed by atoms with Crippen molar-refractivity contribution in [3.05, 3.63) is 41.5 Å². The molecule has 4 heteroatoms. The van der Waals surface area contributed by atoms with E-state index in [2.05, 4.69) is 31.3 Å². The van der Waals surface area contributed by atoms with E-state index in [-0.39, 0.29) is 0 Å². The van der Waals surface area contributed by atoms with E-state index < -0.39 is 5.91 Å². The van der Waals surface area contributed by atoms with Gasteiger partial charge in [0.25, 0.3) is 5.91 Å². The van der Waals surface area contributed by atoms with Crippen molar-refractivity contribution in [1.29, 1.82) is 0 Å². The molecule has 140 valence electrons. The Kier molecular flexibility index (Phi) is 4.24. The Hall–Kier alpha value is -1.65. The predicted molar refractivity (Wildman–Crippen MR) is 102 cm³/mol. The minimum Gasteiger partial charge on any atom is -0.307 e. The number of carbonyl (C=O) groups is 1. The van der Waals surface area contributed by atoms with Gasteiger partial charge in [0.05, 0.1) is 0 Å². The van der Waals surface area contributed by atoms with Gasteiger partial charge in [0, 0.05) is 18.2 Å². The molecule has 1 amide bonds. The number of hydrogen-bond acceptors (Lipinski definition) is 3. The summed E-state index contributed by atoms with van der Waals surface area (Å²) in [5, 5.41) is 12.5. The van der Waals surface area contributed by atoms with E-state index in [0.29, 0.717) is 16.4 Å². The zero-order valence-electron chi connectivity index (χ0n) is 15.8. The highest BCUT2D eigenvalue weighted by Gasteiger charge is 2.59. The van der Waals surface area contributed by atoms with Crippen molar-refractivity contribution in [3.63, 3.8) is 0 Å². The van der Waals surface area contributed by atoms with Crippen LogP contribution in [0.3, 0.4) is 0 Å². The fourth-order valence-electron chi connectivity index (χ4n) is 6.89. The van der Waals surface area contributed by atoms with Gasteiger partial charge in [0.2, 0.25) is 0 Å². The molecule has 0 radical (unpaired) electrons. The Morgan fingerprint density at radius 2 is 1.77 bits per heavy atom. The number of hydroxylamine groups is 1. The summed E-state index contributed by atoms with van der Waals surface area (Å²) >= 11 is 0. The molecule has 26 heavy (non-hydrogen) atoms. The number of carbonyl (C=O) groups excluding carboxylic acids is 1. The number of benzene rings is 1. The standard InChI is InChI=1S/C22H30N2O2/c1-20-9-18-10-21(2,13-20)15-22(11-18,14-20)23-12-17-5-3-16(4-6-17)7-8-19(25)24-26/h3-8,18,23,26H,9-15H2,1-2H3,(H,24,25). The summed E-state index contributed by atoms with van der Waals surface area (Å²) < 4.78 is 0. The third-order valence-electron chi connectivity index (χ3n) is 6.81. The number of hydrogen-bond donors (Lipinski definition) is 3. The Morgan fingerprint density at radius 1 is 1.12 bits per heavy atom. The predicted octanol–water partition coefficient (Wildman–Crippen LogP) is 4.04. The molecule has 1 aromatic carbocycles.